The van der Waals surface area contributed by atoms with E-state index in [1.165, 1.54) is 17.1 Å². The van der Waals surface area contributed by atoms with E-state index in [9.17, 15) is 9.59 Å². The summed E-state index contributed by atoms with van der Waals surface area (Å²) < 4.78 is 0. The van der Waals surface area contributed by atoms with Crippen LogP contribution in [-0.2, 0) is 4.79 Å². The Kier molecular flexibility index (Phi) is 4.81. The predicted molar refractivity (Wildman–Crippen MR) is 107 cm³/mol. The summed E-state index contributed by atoms with van der Waals surface area (Å²) in [6, 6.07) is 12.1. The van der Waals surface area contributed by atoms with Crippen molar-refractivity contribution in [2.75, 3.05) is 24.0 Å². The number of rotatable bonds is 4. The van der Waals surface area contributed by atoms with Gasteiger partial charge < -0.3 is 10.0 Å². The first-order valence-corrected chi connectivity index (χ1v) is 8.51. The molecule has 27 heavy (non-hydrogen) atoms. The molecule has 138 valence electrons. The van der Waals surface area contributed by atoms with E-state index in [-0.39, 0.29) is 11.5 Å². The Labute approximate surface area is 158 Å². The Morgan fingerprint density at radius 3 is 2.33 bits per heavy atom. The van der Waals surface area contributed by atoms with Crippen molar-refractivity contribution >= 4 is 35.0 Å². The van der Waals surface area contributed by atoms with E-state index in [0.717, 1.165) is 16.8 Å². The van der Waals surface area contributed by atoms with Crippen molar-refractivity contribution in [3.05, 3.63) is 64.7 Å². The van der Waals surface area contributed by atoms with Crippen LogP contribution in [0.4, 0.5) is 11.4 Å². The van der Waals surface area contributed by atoms with Crippen LogP contribution in [0.2, 0.25) is 0 Å². The standard InChI is InChI=1S/C21H21N3O3/c1-13-11-18(23(3)4)10-7-16(13)12-19-14(2)22-24(20(19)25)17-8-5-15(6-9-17)21(26)27/h5-12H,1-4H3,(H,26,27). The van der Waals surface area contributed by atoms with Gasteiger partial charge in [0.15, 0.2) is 0 Å². The molecule has 3 rings (SSSR count). The van der Waals surface area contributed by atoms with E-state index in [1.807, 2.05) is 44.1 Å². The summed E-state index contributed by atoms with van der Waals surface area (Å²) in [7, 11) is 3.97. The van der Waals surface area contributed by atoms with Gasteiger partial charge in [-0.05, 0) is 67.4 Å². The van der Waals surface area contributed by atoms with E-state index in [2.05, 4.69) is 11.2 Å². The van der Waals surface area contributed by atoms with E-state index in [4.69, 9.17) is 5.11 Å². The molecule has 0 spiro atoms. The van der Waals surface area contributed by atoms with Crippen molar-refractivity contribution in [1.82, 2.24) is 0 Å². The Balaban J connectivity index is 1.91. The van der Waals surface area contributed by atoms with Crippen LogP contribution in [0.15, 0.2) is 53.1 Å². The van der Waals surface area contributed by atoms with Crippen molar-refractivity contribution in [1.29, 1.82) is 0 Å². The van der Waals surface area contributed by atoms with Gasteiger partial charge in [-0.15, -0.1) is 0 Å². The first kappa shape index (κ1) is 18.4. The summed E-state index contributed by atoms with van der Waals surface area (Å²) >= 11 is 0. The van der Waals surface area contributed by atoms with Crippen LogP contribution >= 0.6 is 0 Å². The molecule has 0 aliphatic carbocycles. The topological polar surface area (TPSA) is 73.2 Å². The number of carbonyl (C=O) groups excluding carboxylic acids is 1. The molecule has 0 atom stereocenters. The zero-order chi connectivity index (χ0) is 19.7. The Morgan fingerprint density at radius 2 is 1.78 bits per heavy atom. The number of hydrogen-bond donors (Lipinski definition) is 1. The number of benzene rings is 2. The Morgan fingerprint density at radius 1 is 1.11 bits per heavy atom. The minimum absolute atomic E-state index is 0.165. The van der Waals surface area contributed by atoms with Crippen LogP contribution in [0.1, 0.15) is 28.4 Å². The van der Waals surface area contributed by atoms with Gasteiger partial charge in [-0.1, -0.05) is 6.07 Å². The second kappa shape index (κ2) is 7.07. The van der Waals surface area contributed by atoms with Gasteiger partial charge in [-0.2, -0.15) is 10.1 Å². The number of aryl methyl sites for hydroxylation is 1. The van der Waals surface area contributed by atoms with Crippen LogP contribution in [0.5, 0.6) is 0 Å². The summed E-state index contributed by atoms with van der Waals surface area (Å²) in [5.74, 6) is -1.24. The minimum Gasteiger partial charge on any atom is -0.478 e. The Bertz CT molecular complexity index is 973. The average Bonchev–Trinajstić information content (AvgIpc) is 2.91. The van der Waals surface area contributed by atoms with Crippen molar-refractivity contribution < 1.29 is 14.7 Å². The van der Waals surface area contributed by atoms with Gasteiger partial charge in [0.25, 0.3) is 5.91 Å². The maximum Gasteiger partial charge on any atom is 0.335 e. The molecule has 1 amide bonds. The SMILES string of the molecule is CC1=NN(c2ccc(C(=O)O)cc2)C(=O)C1=Cc1ccc(N(C)C)cc1C. The molecular weight excluding hydrogens is 342 g/mol. The van der Waals surface area contributed by atoms with Crippen molar-refractivity contribution in [3.8, 4) is 0 Å². The summed E-state index contributed by atoms with van der Waals surface area (Å²) in [6.45, 7) is 3.80. The molecule has 1 heterocycles. The van der Waals surface area contributed by atoms with Gasteiger partial charge in [-0.3, -0.25) is 4.79 Å². The van der Waals surface area contributed by atoms with Gasteiger partial charge in [0.1, 0.15) is 0 Å². The van der Waals surface area contributed by atoms with E-state index >= 15 is 0 Å². The lowest BCUT2D eigenvalue weighted by Gasteiger charge is -2.14. The Hall–Kier alpha value is -3.41. The third-order valence-electron chi connectivity index (χ3n) is 4.49. The third-order valence-corrected chi connectivity index (χ3v) is 4.49. The number of carboxylic acid groups (broad SMARTS) is 1. The summed E-state index contributed by atoms with van der Waals surface area (Å²) in [4.78, 5) is 25.9. The fourth-order valence-electron chi connectivity index (χ4n) is 2.86. The molecule has 0 saturated heterocycles. The van der Waals surface area contributed by atoms with Crippen LogP contribution in [0.25, 0.3) is 6.08 Å². The van der Waals surface area contributed by atoms with Gasteiger partial charge in [0.2, 0.25) is 0 Å². The number of aromatic carboxylic acids is 1. The lowest BCUT2D eigenvalue weighted by molar-refractivity contribution is -0.114. The maximum absolute atomic E-state index is 12.8. The zero-order valence-corrected chi connectivity index (χ0v) is 15.7. The molecule has 1 aliphatic rings. The molecule has 0 saturated carbocycles. The average molecular weight is 363 g/mol. The molecule has 2 aromatic rings. The van der Waals surface area contributed by atoms with Crippen LogP contribution in [0.3, 0.4) is 0 Å². The maximum atomic E-state index is 12.8. The molecule has 0 radical (unpaired) electrons. The second-order valence-electron chi connectivity index (χ2n) is 6.65. The summed E-state index contributed by atoms with van der Waals surface area (Å²) in [5, 5.41) is 14.6. The summed E-state index contributed by atoms with van der Waals surface area (Å²) in [5.41, 5.74) is 4.97. The highest BCUT2D eigenvalue weighted by atomic mass is 16.4. The monoisotopic (exact) mass is 363 g/mol. The molecule has 6 nitrogen and oxygen atoms in total. The minimum atomic E-state index is -1.01. The number of carbonyl (C=O) groups is 2. The highest BCUT2D eigenvalue weighted by Crippen LogP contribution is 2.27. The van der Waals surface area contributed by atoms with Gasteiger partial charge in [0, 0.05) is 19.8 Å². The third kappa shape index (κ3) is 3.60. The zero-order valence-electron chi connectivity index (χ0n) is 15.7. The number of hydrogen-bond acceptors (Lipinski definition) is 4. The van der Waals surface area contributed by atoms with E-state index in [1.54, 1.807) is 19.1 Å². The van der Waals surface area contributed by atoms with E-state index < -0.39 is 5.97 Å². The predicted octanol–water partition coefficient (Wildman–Crippen LogP) is 3.57. The quantitative estimate of drug-likeness (QED) is 0.843. The van der Waals surface area contributed by atoms with Gasteiger partial charge >= 0.3 is 5.97 Å². The van der Waals surface area contributed by atoms with Crippen molar-refractivity contribution in [3.63, 3.8) is 0 Å². The normalized spacial score (nSPS) is 15.3. The fourth-order valence-corrected chi connectivity index (χ4v) is 2.86. The van der Waals surface area contributed by atoms with E-state index in [0.29, 0.717) is 17.0 Å². The number of anilines is 2. The largest absolute Gasteiger partial charge is 0.478 e. The number of carboxylic acids is 1. The number of hydrazone groups is 1. The second-order valence-corrected chi connectivity index (χ2v) is 6.65. The molecular formula is C21H21N3O3. The molecule has 0 unspecified atom stereocenters. The first-order chi connectivity index (χ1) is 12.8. The molecule has 0 bridgehead atoms. The molecule has 1 N–H and O–H groups in total. The van der Waals surface area contributed by atoms with Crippen molar-refractivity contribution in [2.24, 2.45) is 5.10 Å². The van der Waals surface area contributed by atoms with Gasteiger partial charge in [-0.25, -0.2) is 4.79 Å². The molecule has 0 fully saturated rings. The molecule has 0 aromatic heterocycles. The van der Waals surface area contributed by atoms with Crippen LogP contribution in [-0.4, -0.2) is 36.8 Å². The van der Waals surface area contributed by atoms with Gasteiger partial charge in [0.05, 0.1) is 22.5 Å². The smallest absolute Gasteiger partial charge is 0.335 e. The number of amides is 1. The summed E-state index contributed by atoms with van der Waals surface area (Å²) in [6.07, 6.45) is 1.85. The lowest BCUT2D eigenvalue weighted by atomic mass is 10.0. The lowest BCUT2D eigenvalue weighted by Crippen LogP contribution is -2.21. The van der Waals surface area contributed by atoms with Crippen LogP contribution < -0.4 is 9.91 Å². The van der Waals surface area contributed by atoms with Crippen molar-refractivity contribution in [2.45, 2.75) is 13.8 Å². The highest BCUT2D eigenvalue weighted by Gasteiger charge is 2.28. The molecule has 1 aliphatic heterocycles. The fraction of sp³-hybridized carbons (Fsp3) is 0.190. The number of nitrogens with zero attached hydrogens (tertiary/aromatic N) is 3. The molecule has 6 heteroatoms. The highest BCUT2D eigenvalue weighted by molar-refractivity contribution is 6.32. The first-order valence-electron chi connectivity index (χ1n) is 8.51. The molecule has 2 aromatic carbocycles. The van der Waals surface area contributed by atoms with Crippen LogP contribution in [0, 0.1) is 6.92 Å².